The minimum atomic E-state index is -0.288. The molecule has 1 amide bonds. The first kappa shape index (κ1) is 13.7. The molecule has 6 heteroatoms. The molecule has 1 heterocycles. The zero-order valence-electron chi connectivity index (χ0n) is 11.6. The molecule has 5 nitrogen and oxygen atoms in total. The number of aromatic nitrogens is 3. The van der Waals surface area contributed by atoms with E-state index in [-0.39, 0.29) is 11.7 Å². The highest BCUT2D eigenvalue weighted by atomic mass is 19.1. The number of nitrogens with zero attached hydrogens (tertiary/aromatic N) is 3. The van der Waals surface area contributed by atoms with E-state index in [1.165, 1.54) is 31.4 Å². The number of carbonyl (C=O) groups excluding carboxylic acids is 1. The first-order chi connectivity index (χ1) is 10.2. The summed E-state index contributed by atoms with van der Waals surface area (Å²) in [6.07, 6.45) is 5.42. The summed E-state index contributed by atoms with van der Waals surface area (Å²) in [5.74, 6) is 0.116. The van der Waals surface area contributed by atoms with Gasteiger partial charge in [-0.15, -0.1) is 5.10 Å². The van der Waals surface area contributed by atoms with Crippen molar-refractivity contribution in [3.8, 4) is 0 Å². The number of halogens is 1. The van der Waals surface area contributed by atoms with E-state index in [0.717, 1.165) is 12.1 Å². The van der Waals surface area contributed by atoms with Crippen LogP contribution < -0.4 is 5.32 Å². The predicted molar refractivity (Wildman–Crippen MR) is 74.9 cm³/mol. The fourth-order valence-electron chi connectivity index (χ4n) is 2.31. The van der Waals surface area contributed by atoms with Crippen molar-refractivity contribution >= 4 is 5.91 Å². The van der Waals surface area contributed by atoms with Crippen LogP contribution >= 0.6 is 0 Å². The Morgan fingerprint density at radius 2 is 2.10 bits per heavy atom. The molecule has 0 saturated heterocycles. The maximum absolute atomic E-state index is 12.8. The van der Waals surface area contributed by atoms with E-state index >= 15 is 0 Å². The van der Waals surface area contributed by atoms with Gasteiger partial charge in [-0.05, 0) is 36.5 Å². The van der Waals surface area contributed by atoms with E-state index in [1.807, 2.05) is 0 Å². The third-order valence-electron chi connectivity index (χ3n) is 3.81. The molecule has 0 aliphatic heterocycles. The zero-order valence-corrected chi connectivity index (χ0v) is 11.6. The van der Waals surface area contributed by atoms with Crippen LogP contribution in [0, 0.1) is 11.7 Å². The van der Waals surface area contributed by atoms with Crippen molar-refractivity contribution in [1.29, 1.82) is 0 Å². The van der Waals surface area contributed by atoms with E-state index in [1.54, 1.807) is 23.0 Å². The van der Waals surface area contributed by atoms with Gasteiger partial charge in [0.1, 0.15) is 5.82 Å². The van der Waals surface area contributed by atoms with Crippen molar-refractivity contribution in [2.24, 2.45) is 5.92 Å². The lowest BCUT2D eigenvalue weighted by Gasteiger charge is -2.24. The fraction of sp³-hybridized carbons (Fsp3) is 0.400. The molecular formula is C15H17FN4O. The lowest BCUT2D eigenvalue weighted by molar-refractivity contribution is 0.0946. The van der Waals surface area contributed by atoms with E-state index in [2.05, 4.69) is 15.6 Å². The Hall–Kier alpha value is -2.24. The minimum absolute atomic E-state index is 0.265. The van der Waals surface area contributed by atoms with Gasteiger partial charge in [0.15, 0.2) is 5.69 Å². The quantitative estimate of drug-likeness (QED) is 0.917. The van der Waals surface area contributed by atoms with Gasteiger partial charge in [0.05, 0.1) is 6.20 Å². The maximum atomic E-state index is 12.8. The Morgan fingerprint density at radius 1 is 1.33 bits per heavy atom. The van der Waals surface area contributed by atoms with Crippen molar-refractivity contribution in [3.05, 3.63) is 47.5 Å². The number of rotatable bonds is 5. The predicted octanol–water partition coefficient (Wildman–Crippen LogP) is 2.15. The van der Waals surface area contributed by atoms with E-state index in [4.69, 9.17) is 0 Å². The summed E-state index contributed by atoms with van der Waals surface area (Å²) in [6.45, 7) is 1.17. The first-order valence-corrected chi connectivity index (χ1v) is 7.13. The third kappa shape index (κ3) is 3.45. The maximum Gasteiger partial charge on any atom is 0.273 e. The largest absolute Gasteiger partial charge is 0.347 e. The van der Waals surface area contributed by atoms with Crippen LogP contribution in [0.2, 0.25) is 0 Å². The summed E-state index contributed by atoms with van der Waals surface area (Å²) in [5, 5.41) is 10.6. The van der Waals surface area contributed by atoms with Crippen LogP contribution in [0.1, 0.15) is 35.3 Å². The fourth-order valence-corrected chi connectivity index (χ4v) is 2.31. The highest BCUT2D eigenvalue weighted by Crippen LogP contribution is 2.27. The van der Waals surface area contributed by atoms with Gasteiger partial charge in [-0.2, -0.15) is 0 Å². The number of amides is 1. The van der Waals surface area contributed by atoms with Crippen LogP contribution in [-0.2, 0) is 13.1 Å². The minimum Gasteiger partial charge on any atom is -0.347 e. The van der Waals surface area contributed by atoms with Gasteiger partial charge in [-0.3, -0.25) is 9.48 Å². The second-order valence-corrected chi connectivity index (χ2v) is 5.43. The molecule has 0 unspecified atom stereocenters. The molecule has 0 atom stereocenters. The second kappa shape index (κ2) is 6.03. The molecule has 1 saturated carbocycles. The Kier molecular flexibility index (Phi) is 3.94. The third-order valence-corrected chi connectivity index (χ3v) is 3.81. The van der Waals surface area contributed by atoms with Crippen molar-refractivity contribution in [1.82, 2.24) is 20.3 Å². The molecule has 21 heavy (non-hydrogen) atoms. The van der Waals surface area contributed by atoms with Crippen molar-refractivity contribution in [2.75, 3.05) is 0 Å². The van der Waals surface area contributed by atoms with E-state index in [0.29, 0.717) is 18.2 Å². The number of benzene rings is 1. The molecule has 1 aromatic carbocycles. The molecule has 0 radical (unpaired) electrons. The van der Waals surface area contributed by atoms with Crippen molar-refractivity contribution in [3.63, 3.8) is 0 Å². The van der Waals surface area contributed by atoms with Crippen LogP contribution in [0.3, 0.4) is 0 Å². The average molecular weight is 288 g/mol. The summed E-state index contributed by atoms with van der Waals surface area (Å²) in [4.78, 5) is 12.0. The van der Waals surface area contributed by atoms with Gasteiger partial charge in [0.2, 0.25) is 0 Å². The van der Waals surface area contributed by atoms with Crippen LogP contribution in [0.4, 0.5) is 4.39 Å². The zero-order chi connectivity index (χ0) is 14.7. The number of nitrogens with one attached hydrogen (secondary N) is 1. The molecule has 110 valence electrons. The lowest BCUT2D eigenvalue weighted by Crippen LogP contribution is -2.23. The average Bonchev–Trinajstić information content (AvgIpc) is 2.91. The van der Waals surface area contributed by atoms with E-state index in [9.17, 15) is 9.18 Å². The Balaban J connectivity index is 1.53. The van der Waals surface area contributed by atoms with Gasteiger partial charge >= 0.3 is 0 Å². The van der Waals surface area contributed by atoms with Crippen LogP contribution in [0.15, 0.2) is 30.5 Å². The van der Waals surface area contributed by atoms with Gasteiger partial charge in [-0.25, -0.2) is 4.39 Å². The molecular weight excluding hydrogens is 271 g/mol. The molecule has 2 aromatic rings. The normalized spacial score (nSPS) is 14.7. The van der Waals surface area contributed by atoms with Crippen LogP contribution in [0.5, 0.6) is 0 Å². The summed E-state index contributed by atoms with van der Waals surface area (Å²) in [6, 6.07) is 6.03. The molecule has 1 aliphatic rings. The SMILES string of the molecule is O=C(NCc1ccc(F)cc1)c1cn(CC2CCC2)nn1. The monoisotopic (exact) mass is 288 g/mol. The summed E-state index contributed by atoms with van der Waals surface area (Å²) < 4.78 is 14.5. The van der Waals surface area contributed by atoms with Gasteiger partial charge in [0.25, 0.3) is 5.91 Å². The number of carbonyl (C=O) groups is 1. The number of hydrogen-bond acceptors (Lipinski definition) is 3. The van der Waals surface area contributed by atoms with E-state index < -0.39 is 0 Å². The second-order valence-electron chi connectivity index (χ2n) is 5.43. The van der Waals surface area contributed by atoms with Crippen molar-refractivity contribution < 1.29 is 9.18 Å². The standard InChI is InChI=1S/C15H17FN4O/c16-13-6-4-11(5-7-13)8-17-15(21)14-10-20(19-18-14)9-12-2-1-3-12/h4-7,10,12H,1-3,8-9H2,(H,17,21). The van der Waals surface area contributed by atoms with Crippen LogP contribution in [0.25, 0.3) is 0 Å². The molecule has 1 N–H and O–H groups in total. The smallest absolute Gasteiger partial charge is 0.273 e. The summed E-state index contributed by atoms with van der Waals surface area (Å²) in [7, 11) is 0. The lowest BCUT2D eigenvalue weighted by atomic mass is 9.85. The highest BCUT2D eigenvalue weighted by Gasteiger charge is 2.19. The molecule has 0 bridgehead atoms. The molecule has 1 fully saturated rings. The highest BCUT2D eigenvalue weighted by molar-refractivity contribution is 5.91. The summed E-state index contributed by atoms with van der Waals surface area (Å²) in [5.41, 5.74) is 1.16. The molecule has 1 aliphatic carbocycles. The molecule has 3 rings (SSSR count). The topological polar surface area (TPSA) is 59.8 Å². The first-order valence-electron chi connectivity index (χ1n) is 7.13. The van der Waals surface area contributed by atoms with Gasteiger partial charge in [0, 0.05) is 13.1 Å². The summed E-state index contributed by atoms with van der Waals surface area (Å²) >= 11 is 0. The van der Waals surface area contributed by atoms with Crippen LogP contribution in [-0.4, -0.2) is 20.9 Å². The number of hydrogen-bond donors (Lipinski definition) is 1. The Bertz CT molecular complexity index is 619. The van der Waals surface area contributed by atoms with Gasteiger partial charge in [-0.1, -0.05) is 23.8 Å². The molecule has 1 aromatic heterocycles. The van der Waals surface area contributed by atoms with Crippen molar-refractivity contribution in [2.45, 2.75) is 32.4 Å². The Labute approximate surface area is 122 Å². The Morgan fingerprint density at radius 3 is 2.76 bits per heavy atom. The van der Waals surface area contributed by atoms with Gasteiger partial charge < -0.3 is 5.32 Å². The molecule has 0 spiro atoms.